The van der Waals surface area contributed by atoms with Crippen LogP contribution in [0, 0.1) is 5.92 Å². The molecular weight excluding hydrogens is 324 g/mol. The Morgan fingerprint density at radius 1 is 1.25 bits per heavy atom. The van der Waals surface area contributed by atoms with Crippen LogP contribution in [0.1, 0.15) is 38.2 Å². The molecule has 1 aromatic carbocycles. The van der Waals surface area contributed by atoms with Gasteiger partial charge in [0.15, 0.2) is 0 Å². The van der Waals surface area contributed by atoms with E-state index in [2.05, 4.69) is 12.2 Å². The van der Waals surface area contributed by atoms with Gasteiger partial charge in [0.05, 0.1) is 0 Å². The zero-order valence-corrected chi connectivity index (χ0v) is 15.0. The third-order valence-corrected chi connectivity index (χ3v) is 5.81. The molecule has 1 saturated heterocycles. The number of hydrogen-bond donors (Lipinski definition) is 1. The molecule has 0 unspecified atom stereocenters. The lowest BCUT2D eigenvalue weighted by Gasteiger charge is -2.29. The molecule has 1 aliphatic heterocycles. The summed E-state index contributed by atoms with van der Waals surface area (Å²) in [5.41, 5.74) is 0.853. The van der Waals surface area contributed by atoms with Crippen molar-refractivity contribution in [1.82, 2.24) is 9.62 Å². The average Bonchev–Trinajstić information content (AvgIpc) is 2.61. The summed E-state index contributed by atoms with van der Waals surface area (Å²) in [7, 11) is -3.43. The highest BCUT2D eigenvalue weighted by Gasteiger charge is 2.29. The topological polar surface area (TPSA) is 66.5 Å². The van der Waals surface area contributed by atoms with Crippen LogP contribution in [0.4, 0.5) is 0 Å². The van der Waals surface area contributed by atoms with Crippen molar-refractivity contribution in [3.05, 3.63) is 41.3 Å². The van der Waals surface area contributed by atoms with Crippen LogP contribution in [0.3, 0.4) is 0 Å². The van der Waals surface area contributed by atoms with Crippen LogP contribution in [0.5, 0.6) is 0 Å². The minimum absolute atomic E-state index is 0.0559. The first-order chi connectivity index (χ1) is 11.5. The number of nitrogens with one attached hydrogen (secondary N) is 1. The summed E-state index contributed by atoms with van der Waals surface area (Å²) >= 11 is 0. The van der Waals surface area contributed by atoms with Gasteiger partial charge in [0.2, 0.25) is 15.9 Å². The molecule has 0 saturated carbocycles. The van der Waals surface area contributed by atoms with Crippen molar-refractivity contribution in [3.63, 3.8) is 0 Å². The number of sulfonamides is 1. The Kier molecular flexibility index (Phi) is 6.99. The Morgan fingerprint density at radius 3 is 2.54 bits per heavy atom. The molecule has 1 heterocycles. The lowest BCUT2D eigenvalue weighted by atomic mass is 9.97. The third-order valence-electron chi connectivity index (χ3n) is 4.25. The van der Waals surface area contributed by atoms with Gasteiger partial charge >= 0.3 is 0 Å². The molecule has 1 amide bonds. The Balaban J connectivity index is 1.86. The van der Waals surface area contributed by atoms with E-state index in [9.17, 15) is 13.2 Å². The number of carbonyl (C=O) groups is 1. The van der Waals surface area contributed by atoms with Gasteiger partial charge in [-0.15, -0.1) is 0 Å². The van der Waals surface area contributed by atoms with Crippen LogP contribution in [0.2, 0.25) is 0 Å². The molecule has 1 aliphatic rings. The lowest BCUT2D eigenvalue weighted by molar-refractivity contribution is -0.126. The fourth-order valence-corrected chi connectivity index (χ4v) is 3.94. The lowest BCUT2D eigenvalue weighted by Crippen LogP contribution is -2.42. The maximum absolute atomic E-state index is 12.4. The summed E-state index contributed by atoms with van der Waals surface area (Å²) in [6, 6.07) is 9.35. The van der Waals surface area contributed by atoms with Crippen LogP contribution in [0.25, 0.3) is 6.08 Å². The van der Waals surface area contributed by atoms with Crippen LogP contribution >= 0.6 is 0 Å². The van der Waals surface area contributed by atoms with Crippen LogP contribution in [-0.4, -0.2) is 38.3 Å². The predicted octanol–water partition coefficient (Wildman–Crippen LogP) is 2.62. The second-order valence-corrected chi connectivity index (χ2v) is 7.89. The largest absolute Gasteiger partial charge is 0.356 e. The molecule has 0 spiro atoms. The standard InChI is InChI=1S/C18H26N2O3S/c1-2-3-12-19-18(21)17-9-13-20(14-10-17)24(22,23)15-11-16-7-5-4-6-8-16/h4-8,11,15,17H,2-3,9-10,12-14H2,1H3,(H,19,21)/b15-11+. The first-order valence-electron chi connectivity index (χ1n) is 8.54. The second-order valence-electron chi connectivity index (χ2n) is 6.08. The first-order valence-corrected chi connectivity index (χ1v) is 10.0. The van der Waals surface area contributed by atoms with Crippen molar-refractivity contribution in [2.24, 2.45) is 5.92 Å². The Morgan fingerprint density at radius 2 is 1.92 bits per heavy atom. The van der Waals surface area contributed by atoms with E-state index in [1.807, 2.05) is 30.3 Å². The van der Waals surface area contributed by atoms with Gasteiger partial charge in [-0.2, -0.15) is 4.31 Å². The van der Waals surface area contributed by atoms with Crippen molar-refractivity contribution in [2.45, 2.75) is 32.6 Å². The summed E-state index contributed by atoms with van der Waals surface area (Å²) < 4.78 is 26.2. The van der Waals surface area contributed by atoms with E-state index < -0.39 is 10.0 Å². The molecule has 1 N–H and O–H groups in total. The third kappa shape index (κ3) is 5.46. The van der Waals surface area contributed by atoms with Gasteiger partial charge in [0.1, 0.15) is 0 Å². The van der Waals surface area contributed by atoms with Crippen molar-refractivity contribution in [1.29, 1.82) is 0 Å². The highest BCUT2D eigenvalue weighted by molar-refractivity contribution is 7.92. The quantitative estimate of drug-likeness (QED) is 0.769. The minimum atomic E-state index is -3.43. The molecule has 0 atom stereocenters. The van der Waals surface area contributed by atoms with Crippen molar-refractivity contribution < 1.29 is 13.2 Å². The molecular formula is C18H26N2O3S. The zero-order chi connectivity index (χ0) is 17.4. The average molecular weight is 350 g/mol. The van der Waals surface area contributed by atoms with E-state index in [1.54, 1.807) is 6.08 Å². The molecule has 132 valence electrons. The minimum Gasteiger partial charge on any atom is -0.356 e. The molecule has 5 nitrogen and oxygen atoms in total. The highest BCUT2D eigenvalue weighted by atomic mass is 32.2. The SMILES string of the molecule is CCCCNC(=O)C1CCN(S(=O)(=O)/C=C/c2ccccc2)CC1. The fraction of sp³-hybridized carbons (Fsp3) is 0.500. The summed E-state index contributed by atoms with van der Waals surface area (Å²) in [6.07, 6.45) is 4.79. The van der Waals surface area contributed by atoms with Crippen LogP contribution in [0.15, 0.2) is 35.7 Å². The van der Waals surface area contributed by atoms with Crippen molar-refractivity contribution >= 4 is 22.0 Å². The summed E-state index contributed by atoms with van der Waals surface area (Å²) in [4.78, 5) is 12.0. The van der Waals surface area contributed by atoms with E-state index in [0.717, 1.165) is 18.4 Å². The van der Waals surface area contributed by atoms with Gasteiger partial charge < -0.3 is 5.32 Å². The monoisotopic (exact) mass is 350 g/mol. The van der Waals surface area contributed by atoms with Gasteiger partial charge in [-0.3, -0.25) is 4.79 Å². The number of carbonyl (C=O) groups excluding carboxylic acids is 1. The van der Waals surface area contributed by atoms with Crippen LogP contribution in [-0.2, 0) is 14.8 Å². The van der Waals surface area contributed by atoms with Gasteiger partial charge in [-0.05, 0) is 30.9 Å². The van der Waals surface area contributed by atoms with Gasteiger partial charge in [-0.1, -0.05) is 43.7 Å². The fourth-order valence-electron chi connectivity index (χ4n) is 2.72. The van der Waals surface area contributed by atoms with E-state index in [-0.39, 0.29) is 11.8 Å². The molecule has 1 aromatic rings. The summed E-state index contributed by atoms with van der Waals surface area (Å²) in [5.74, 6) is -0.0215. The molecule has 0 aliphatic carbocycles. The van der Waals surface area contributed by atoms with Crippen molar-refractivity contribution in [2.75, 3.05) is 19.6 Å². The molecule has 1 fully saturated rings. The molecule has 2 rings (SSSR count). The van der Waals surface area contributed by atoms with Gasteiger partial charge in [-0.25, -0.2) is 8.42 Å². The molecule has 0 radical (unpaired) electrons. The molecule has 0 aromatic heterocycles. The smallest absolute Gasteiger partial charge is 0.236 e. The van der Waals surface area contributed by atoms with E-state index in [4.69, 9.17) is 0 Å². The predicted molar refractivity (Wildman–Crippen MR) is 96.6 cm³/mol. The first kappa shape index (κ1) is 18.7. The Labute approximate surface area is 144 Å². The molecule has 6 heteroatoms. The van der Waals surface area contributed by atoms with Gasteiger partial charge in [0, 0.05) is 31.0 Å². The number of nitrogens with zero attached hydrogens (tertiary/aromatic N) is 1. The number of hydrogen-bond acceptors (Lipinski definition) is 3. The van der Waals surface area contributed by atoms with Gasteiger partial charge in [0.25, 0.3) is 0 Å². The summed E-state index contributed by atoms with van der Waals surface area (Å²) in [6.45, 7) is 3.58. The summed E-state index contributed by atoms with van der Waals surface area (Å²) in [5, 5.41) is 4.19. The second kappa shape index (κ2) is 8.99. The number of benzene rings is 1. The Bertz CT molecular complexity index is 648. The van der Waals surface area contributed by atoms with E-state index >= 15 is 0 Å². The Hall–Kier alpha value is -1.66. The number of unbranched alkanes of at least 4 members (excludes halogenated alkanes) is 1. The van der Waals surface area contributed by atoms with Crippen LogP contribution < -0.4 is 5.32 Å². The number of piperidine rings is 1. The van der Waals surface area contributed by atoms with E-state index in [1.165, 1.54) is 9.71 Å². The maximum Gasteiger partial charge on any atom is 0.236 e. The highest BCUT2D eigenvalue weighted by Crippen LogP contribution is 2.21. The van der Waals surface area contributed by atoms with Crippen molar-refractivity contribution in [3.8, 4) is 0 Å². The number of amides is 1. The maximum atomic E-state index is 12.4. The number of rotatable bonds is 7. The van der Waals surface area contributed by atoms with E-state index in [0.29, 0.717) is 32.5 Å². The zero-order valence-electron chi connectivity index (χ0n) is 14.1. The normalized spacial score (nSPS) is 17.2. The molecule has 24 heavy (non-hydrogen) atoms. The molecule has 0 bridgehead atoms.